The number of anilines is 1. The van der Waals surface area contributed by atoms with Gasteiger partial charge in [-0.3, -0.25) is 9.59 Å². The summed E-state index contributed by atoms with van der Waals surface area (Å²) < 4.78 is 5.00. The van der Waals surface area contributed by atoms with Crippen molar-refractivity contribution in [2.45, 2.75) is 25.9 Å². The quantitative estimate of drug-likeness (QED) is 0.937. The molecule has 0 saturated carbocycles. The Morgan fingerprint density at radius 1 is 1.21 bits per heavy atom. The lowest BCUT2D eigenvalue weighted by molar-refractivity contribution is -0.138. The molecule has 1 aromatic heterocycles. The van der Waals surface area contributed by atoms with Gasteiger partial charge in [-0.2, -0.15) is 0 Å². The summed E-state index contributed by atoms with van der Waals surface area (Å²) in [5.74, 6) is 0.147. The van der Waals surface area contributed by atoms with Crippen LogP contribution in [0.2, 0.25) is 0 Å². The van der Waals surface area contributed by atoms with E-state index in [0.29, 0.717) is 24.5 Å². The number of pyridine rings is 1. The molecule has 124 valence electrons. The summed E-state index contributed by atoms with van der Waals surface area (Å²) in [7, 11) is 1.53. The first-order valence-electron chi connectivity index (χ1n) is 7.73. The van der Waals surface area contributed by atoms with Gasteiger partial charge >= 0.3 is 0 Å². The Kier molecular flexibility index (Phi) is 4.46. The van der Waals surface area contributed by atoms with E-state index >= 15 is 0 Å². The molecule has 1 N–H and O–H groups in total. The third kappa shape index (κ3) is 3.22. The van der Waals surface area contributed by atoms with Crippen LogP contribution in [-0.2, 0) is 22.6 Å². The van der Waals surface area contributed by atoms with Crippen LogP contribution in [0.3, 0.4) is 0 Å². The number of rotatable bonds is 3. The maximum Gasteiger partial charge on any atom is 0.247 e. The molecule has 2 aromatic rings. The van der Waals surface area contributed by atoms with Crippen LogP contribution >= 0.6 is 0 Å². The second-order valence-electron chi connectivity index (χ2n) is 5.71. The molecule has 1 aliphatic heterocycles. The van der Waals surface area contributed by atoms with Crippen LogP contribution in [0.4, 0.5) is 5.69 Å². The number of hydrogen-bond acceptors (Lipinski definition) is 4. The lowest BCUT2D eigenvalue weighted by Crippen LogP contribution is -2.49. The highest BCUT2D eigenvalue weighted by Gasteiger charge is 2.33. The van der Waals surface area contributed by atoms with Crippen molar-refractivity contribution in [2.24, 2.45) is 0 Å². The topological polar surface area (TPSA) is 71.5 Å². The Morgan fingerprint density at radius 3 is 2.58 bits per heavy atom. The molecule has 0 spiro atoms. The second-order valence-corrected chi connectivity index (χ2v) is 5.71. The molecule has 0 saturated heterocycles. The molecule has 0 fully saturated rings. The maximum atomic E-state index is 12.7. The fraction of sp³-hybridized carbons (Fsp3) is 0.278. The molecule has 0 aliphatic carbocycles. The number of hydrogen-bond donors (Lipinski definition) is 1. The summed E-state index contributed by atoms with van der Waals surface area (Å²) in [4.78, 5) is 30.3. The summed E-state index contributed by atoms with van der Waals surface area (Å²) in [6.07, 6.45) is 2.04. The second kappa shape index (κ2) is 6.70. The monoisotopic (exact) mass is 325 g/mol. The van der Waals surface area contributed by atoms with Crippen molar-refractivity contribution < 1.29 is 14.3 Å². The fourth-order valence-corrected chi connectivity index (χ4v) is 2.89. The van der Waals surface area contributed by atoms with E-state index in [1.807, 2.05) is 24.3 Å². The van der Waals surface area contributed by atoms with Crippen LogP contribution in [0.5, 0.6) is 5.88 Å². The summed E-state index contributed by atoms with van der Waals surface area (Å²) >= 11 is 0. The van der Waals surface area contributed by atoms with E-state index in [1.54, 1.807) is 17.0 Å². The van der Waals surface area contributed by atoms with E-state index in [1.165, 1.54) is 20.2 Å². The van der Waals surface area contributed by atoms with Gasteiger partial charge in [0.25, 0.3) is 0 Å². The van der Waals surface area contributed by atoms with Gasteiger partial charge in [-0.15, -0.1) is 0 Å². The van der Waals surface area contributed by atoms with Crippen molar-refractivity contribution in [3.05, 3.63) is 53.7 Å². The van der Waals surface area contributed by atoms with Crippen molar-refractivity contribution in [3.8, 4) is 5.88 Å². The highest BCUT2D eigenvalue weighted by Crippen LogP contribution is 2.24. The molecule has 0 bridgehead atoms. The van der Waals surface area contributed by atoms with Crippen LogP contribution in [0.15, 0.2) is 42.6 Å². The Morgan fingerprint density at radius 2 is 1.96 bits per heavy atom. The zero-order valence-electron chi connectivity index (χ0n) is 13.7. The zero-order valence-corrected chi connectivity index (χ0v) is 13.7. The van der Waals surface area contributed by atoms with Crippen LogP contribution in [-0.4, -0.2) is 34.8 Å². The molecule has 1 aromatic carbocycles. The number of fused-ring (bicyclic) bond motifs is 1. The van der Waals surface area contributed by atoms with Gasteiger partial charge in [0.05, 0.1) is 19.0 Å². The minimum atomic E-state index is -0.528. The van der Waals surface area contributed by atoms with E-state index < -0.39 is 6.04 Å². The minimum absolute atomic E-state index is 0.113. The lowest BCUT2D eigenvalue weighted by atomic mass is 9.93. The lowest BCUT2D eigenvalue weighted by Gasteiger charge is -2.35. The van der Waals surface area contributed by atoms with Crippen LogP contribution in [0.25, 0.3) is 0 Å². The minimum Gasteiger partial charge on any atom is -0.481 e. The van der Waals surface area contributed by atoms with Gasteiger partial charge in [0.1, 0.15) is 6.04 Å². The Bertz CT molecular complexity index is 758. The smallest absolute Gasteiger partial charge is 0.247 e. The Balaban J connectivity index is 1.80. The summed E-state index contributed by atoms with van der Waals surface area (Å²) in [6, 6.07) is 10.8. The summed E-state index contributed by atoms with van der Waals surface area (Å²) in [6.45, 7) is 1.94. The summed E-state index contributed by atoms with van der Waals surface area (Å²) in [5.41, 5.74) is 2.76. The molecule has 0 radical (unpaired) electrons. The average molecular weight is 325 g/mol. The number of carbonyl (C=O) groups is 2. The number of methoxy groups -OCH3 is 1. The van der Waals surface area contributed by atoms with Gasteiger partial charge in [-0.25, -0.2) is 4.98 Å². The molecule has 6 nitrogen and oxygen atoms in total. The normalized spacial score (nSPS) is 16.2. The highest BCUT2D eigenvalue weighted by atomic mass is 16.5. The van der Waals surface area contributed by atoms with Crippen LogP contribution in [0.1, 0.15) is 18.1 Å². The fourth-order valence-electron chi connectivity index (χ4n) is 2.89. The SMILES string of the molecule is COc1ccc(NC(=O)C2Cc3ccccc3CN2C(C)=O)cn1. The molecule has 24 heavy (non-hydrogen) atoms. The molecular weight excluding hydrogens is 306 g/mol. The van der Waals surface area contributed by atoms with Crippen molar-refractivity contribution >= 4 is 17.5 Å². The number of carbonyl (C=O) groups excluding carboxylic acids is 2. The average Bonchev–Trinajstić information content (AvgIpc) is 2.61. The number of nitrogens with one attached hydrogen (secondary N) is 1. The van der Waals surface area contributed by atoms with Crippen molar-refractivity contribution in [3.63, 3.8) is 0 Å². The van der Waals surface area contributed by atoms with Crippen LogP contribution in [0, 0.1) is 0 Å². The first-order chi connectivity index (χ1) is 11.6. The Hall–Kier alpha value is -2.89. The number of ether oxygens (including phenoxy) is 1. The predicted molar refractivity (Wildman–Crippen MR) is 89.6 cm³/mol. The molecule has 1 atom stereocenters. The largest absolute Gasteiger partial charge is 0.481 e. The van der Waals surface area contributed by atoms with Gasteiger partial charge in [0.15, 0.2) is 0 Å². The zero-order chi connectivity index (χ0) is 17.1. The van der Waals surface area contributed by atoms with E-state index in [4.69, 9.17) is 4.74 Å². The predicted octanol–water partition coefficient (Wildman–Crippen LogP) is 2.00. The molecule has 6 heteroatoms. The highest BCUT2D eigenvalue weighted by molar-refractivity contribution is 5.97. The first-order valence-corrected chi connectivity index (χ1v) is 7.73. The van der Waals surface area contributed by atoms with Gasteiger partial charge in [0.2, 0.25) is 17.7 Å². The first kappa shape index (κ1) is 16.0. The third-order valence-corrected chi connectivity index (χ3v) is 4.17. The van der Waals surface area contributed by atoms with Gasteiger partial charge in [-0.1, -0.05) is 24.3 Å². The maximum absolute atomic E-state index is 12.7. The van der Waals surface area contributed by atoms with Gasteiger partial charge in [0, 0.05) is 26.0 Å². The third-order valence-electron chi connectivity index (χ3n) is 4.17. The Labute approximate surface area is 140 Å². The molecule has 3 rings (SSSR count). The number of nitrogens with zero attached hydrogens (tertiary/aromatic N) is 2. The van der Waals surface area contributed by atoms with Crippen molar-refractivity contribution in [2.75, 3.05) is 12.4 Å². The van der Waals surface area contributed by atoms with E-state index in [2.05, 4.69) is 10.3 Å². The van der Waals surface area contributed by atoms with E-state index in [9.17, 15) is 9.59 Å². The molecular formula is C18H19N3O3. The van der Waals surface area contributed by atoms with Crippen LogP contribution < -0.4 is 10.1 Å². The number of amides is 2. The molecule has 1 unspecified atom stereocenters. The van der Waals surface area contributed by atoms with E-state index in [0.717, 1.165) is 11.1 Å². The number of aromatic nitrogens is 1. The molecule has 2 amide bonds. The summed E-state index contributed by atoms with van der Waals surface area (Å²) in [5, 5.41) is 2.83. The number of benzene rings is 1. The molecule has 1 aliphatic rings. The molecule has 2 heterocycles. The van der Waals surface area contributed by atoms with Gasteiger partial charge in [-0.05, 0) is 17.2 Å². The van der Waals surface area contributed by atoms with Crippen molar-refractivity contribution in [1.82, 2.24) is 9.88 Å². The standard InChI is InChI=1S/C18H19N3O3/c1-12(22)21-11-14-6-4-3-5-13(14)9-16(21)18(23)20-15-7-8-17(24-2)19-10-15/h3-8,10,16H,9,11H2,1-2H3,(H,20,23). The van der Waals surface area contributed by atoms with Crippen molar-refractivity contribution in [1.29, 1.82) is 0 Å². The van der Waals surface area contributed by atoms with E-state index in [-0.39, 0.29) is 11.8 Å². The van der Waals surface area contributed by atoms with Gasteiger partial charge < -0.3 is 15.0 Å².